The third kappa shape index (κ3) is 2.32. The smallest absolute Gasteiger partial charge is 0.377 e. The van der Waals surface area contributed by atoms with E-state index in [-0.39, 0.29) is 5.82 Å². The van der Waals surface area contributed by atoms with Crippen LogP contribution < -0.4 is 0 Å². The molecule has 0 bridgehead atoms. The van der Waals surface area contributed by atoms with E-state index in [1.807, 2.05) is 24.3 Å². The Morgan fingerprint density at radius 3 is 3.05 bits per heavy atom. The largest absolute Gasteiger partial charge is 0.463 e. The highest BCUT2D eigenvalue weighted by Gasteiger charge is 2.12. The summed E-state index contributed by atoms with van der Waals surface area (Å²) in [6, 6.07) is 7.93. The maximum Gasteiger partial charge on any atom is 0.377 e. The molecule has 0 aliphatic carbocycles. The van der Waals surface area contributed by atoms with E-state index in [9.17, 15) is 4.79 Å². The Morgan fingerprint density at radius 2 is 2.26 bits per heavy atom. The van der Waals surface area contributed by atoms with Crippen LogP contribution in [0.15, 0.2) is 30.6 Å². The highest BCUT2D eigenvalue weighted by molar-refractivity contribution is 7.18. The van der Waals surface area contributed by atoms with Crippen LogP contribution in [-0.4, -0.2) is 32.8 Å². The number of esters is 1. The van der Waals surface area contributed by atoms with Crippen molar-refractivity contribution >= 4 is 27.5 Å². The minimum Gasteiger partial charge on any atom is -0.463 e. The molecule has 6 nitrogen and oxygen atoms in total. The lowest BCUT2D eigenvalue weighted by molar-refractivity contribution is 0.0586. The predicted octanol–water partition coefficient (Wildman–Crippen LogP) is 1.72. The molecule has 0 atom stereocenters. The first kappa shape index (κ1) is 11.8. The van der Waals surface area contributed by atoms with Crippen molar-refractivity contribution in [2.24, 2.45) is 0 Å². The molecular formula is C12H10N4O2S. The van der Waals surface area contributed by atoms with E-state index < -0.39 is 5.97 Å². The number of para-hydroxylation sites is 1. The van der Waals surface area contributed by atoms with Crippen molar-refractivity contribution in [3.63, 3.8) is 0 Å². The highest BCUT2D eigenvalue weighted by Crippen LogP contribution is 2.21. The topological polar surface area (TPSA) is 69.9 Å². The van der Waals surface area contributed by atoms with Crippen molar-refractivity contribution in [2.45, 2.75) is 6.54 Å². The molecule has 0 saturated carbocycles. The summed E-state index contributed by atoms with van der Waals surface area (Å²) in [6.07, 6.45) is 1.50. The minimum absolute atomic E-state index is 0.0589. The monoisotopic (exact) mass is 274 g/mol. The Hall–Kier alpha value is -2.28. The SMILES string of the molecule is COC(=O)c1ncn(Cc2nc3ccccc3s2)n1. The number of fused-ring (bicyclic) bond motifs is 1. The molecule has 19 heavy (non-hydrogen) atoms. The van der Waals surface area contributed by atoms with Crippen molar-refractivity contribution in [2.75, 3.05) is 7.11 Å². The van der Waals surface area contributed by atoms with Gasteiger partial charge in [0.1, 0.15) is 11.3 Å². The van der Waals surface area contributed by atoms with Crippen molar-refractivity contribution in [3.8, 4) is 0 Å². The number of rotatable bonds is 3. The molecule has 1 aromatic carbocycles. The number of methoxy groups -OCH3 is 1. The van der Waals surface area contributed by atoms with E-state index in [1.54, 1.807) is 16.0 Å². The summed E-state index contributed by atoms with van der Waals surface area (Å²) in [6.45, 7) is 0.489. The summed E-state index contributed by atoms with van der Waals surface area (Å²) in [5.41, 5.74) is 0.968. The van der Waals surface area contributed by atoms with Crippen LogP contribution in [-0.2, 0) is 11.3 Å². The summed E-state index contributed by atoms with van der Waals surface area (Å²) in [5, 5.41) is 4.96. The van der Waals surface area contributed by atoms with Gasteiger partial charge >= 0.3 is 5.97 Å². The van der Waals surface area contributed by atoms with Gasteiger partial charge in [-0.3, -0.25) is 0 Å². The van der Waals surface area contributed by atoms with Gasteiger partial charge in [-0.1, -0.05) is 12.1 Å². The first-order valence-electron chi connectivity index (χ1n) is 5.58. The fourth-order valence-electron chi connectivity index (χ4n) is 1.68. The molecule has 2 aromatic heterocycles. The van der Waals surface area contributed by atoms with Gasteiger partial charge in [0.15, 0.2) is 0 Å². The molecule has 0 aliphatic heterocycles. The van der Waals surface area contributed by atoms with Crippen molar-refractivity contribution in [3.05, 3.63) is 41.4 Å². The number of benzene rings is 1. The van der Waals surface area contributed by atoms with Crippen molar-refractivity contribution < 1.29 is 9.53 Å². The van der Waals surface area contributed by atoms with Crippen LogP contribution in [0.1, 0.15) is 15.6 Å². The zero-order valence-electron chi connectivity index (χ0n) is 10.1. The average Bonchev–Trinajstić information content (AvgIpc) is 3.04. The number of aromatic nitrogens is 4. The quantitative estimate of drug-likeness (QED) is 0.680. The van der Waals surface area contributed by atoms with Crippen LogP contribution in [0.2, 0.25) is 0 Å². The van der Waals surface area contributed by atoms with Crippen LogP contribution in [0, 0.1) is 0 Å². The number of nitrogens with zero attached hydrogens (tertiary/aromatic N) is 4. The van der Waals surface area contributed by atoms with Gasteiger partial charge in [0.25, 0.3) is 5.82 Å². The summed E-state index contributed by atoms with van der Waals surface area (Å²) >= 11 is 1.60. The number of hydrogen-bond donors (Lipinski definition) is 0. The molecule has 3 aromatic rings. The fourth-order valence-corrected chi connectivity index (χ4v) is 2.64. The molecule has 0 spiro atoms. The molecule has 0 N–H and O–H groups in total. The molecule has 0 radical (unpaired) electrons. The first-order valence-corrected chi connectivity index (χ1v) is 6.40. The number of thiazole rings is 1. The van der Waals surface area contributed by atoms with Crippen molar-refractivity contribution in [1.82, 2.24) is 19.7 Å². The standard InChI is InChI=1S/C12H10N4O2S/c1-18-12(17)11-13-7-16(15-11)6-10-14-8-4-2-3-5-9(8)19-10/h2-5,7H,6H2,1H3. The molecule has 96 valence electrons. The summed E-state index contributed by atoms with van der Waals surface area (Å²) in [5.74, 6) is -0.480. The van der Waals surface area contributed by atoms with Crippen LogP contribution in [0.25, 0.3) is 10.2 Å². The highest BCUT2D eigenvalue weighted by atomic mass is 32.1. The molecule has 0 saturated heterocycles. The lowest BCUT2D eigenvalue weighted by atomic mass is 10.3. The summed E-state index contributed by atoms with van der Waals surface area (Å²) in [4.78, 5) is 19.6. The predicted molar refractivity (Wildman–Crippen MR) is 70.1 cm³/mol. The number of carbonyl (C=O) groups is 1. The van der Waals surface area contributed by atoms with E-state index in [4.69, 9.17) is 0 Å². The Labute approximate surface area is 112 Å². The third-order valence-corrected chi connectivity index (χ3v) is 3.56. The van der Waals surface area contributed by atoms with Crippen molar-refractivity contribution in [1.29, 1.82) is 0 Å². The average molecular weight is 274 g/mol. The second-order valence-electron chi connectivity index (χ2n) is 3.83. The van der Waals surface area contributed by atoms with E-state index in [2.05, 4.69) is 19.8 Å². The molecule has 0 aliphatic rings. The number of ether oxygens (including phenoxy) is 1. The second kappa shape index (κ2) is 4.77. The molecule has 0 fully saturated rings. The molecule has 3 rings (SSSR count). The Morgan fingerprint density at radius 1 is 1.42 bits per heavy atom. The van der Waals surface area contributed by atoms with Gasteiger partial charge < -0.3 is 4.74 Å². The molecule has 0 unspecified atom stereocenters. The number of hydrogen-bond acceptors (Lipinski definition) is 6. The van der Waals surface area contributed by atoms with Crippen LogP contribution in [0.5, 0.6) is 0 Å². The van der Waals surface area contributed by atoms with Crippen LogP contribution in [0.3, 0.4) is 0 Å². The van der Waals surface area contributed by atoms with E-state index in [0.29, 0.717) is 6.54 Å². The minimum atomic E-state index is -0.539. The van der Waals surface area contributed by atoms with Crippen LogP contribution >= 0.6 is 11.3 Å². The zero-order valence-corrected chi connectivity index (χ0v) is 10.9. The second-order valence-corrected chi connectivity index (χ2v) is 4.95. The molecule has 7 heteroatoms. The zero-order chi connectivity index (χ0) is 13.2. The summed E-state index contributed by atoms with van der Waals surface area (Å²) < 4.78 is 7.26. The lowest BCUT2D eigenvalue weighted by Gasteiger charge is -1.94. The van der Waals surface area contributed by atoms with Gasteiger partial charge in [0.05, 0.1) is 23.9 Å². The van der Waals surface area contributed by atoms with E-state index in [0.717, 1.165) is 15.2 Å². The van der Waals surface area contributed by atoms with Gasteiger partial charge in [-0.05, 0) is 12.1 Å². The Balaban J connectivity index is 1.84. The van der Waals surface area contributed by atoms with Gasteiger partial charge in [-0.2, -0.15) is 0 Å². The fraction of sp³-hybridized carbons (Fsp3) is 0.167. The van der Waals surface area contributed by atoms with Gasteiger partial charge in [-0.15, -0.1) is 16.4 Å². The maximum absolute atomic E-state index is 11.2. The molecule has 0 amide bonds. The molecule has 2 heterocycles. The van der Waals surface area contributed by atoms with E-state index in [1.165, 1.54) is 13.4 Å². The molecular weight excluding hydrogens is 264 g/mol. The lowest BCUT2D eigenvalue weighted by Crippen LogP contribution is -2.06. The van der Waals surface area contributed by atoms with Crippen LogP contribution in [0.4, 0.5) is 0 Å². The van der Waals surface area contributed by atoms with Gasteiger partial charge in [0, 0.05) is 0 Å². The first-order chi connectivity index (χ1) is 9.26. The van der Waals surface area contributed by atoms with Gasteiger partial charge in [-0.25, -0.2) is 19.4 Å². The summed E-state index contributed by atoms with van der Waals surface area (Å²) in [7, 11) is 1.30. The Kier molecular flexibility index (Phi) is 2.96. The third-order valence-electron chi connectivity index (χ3n) is 2.54. The maximum atomic E-state index is 11.2. The van der Waals surface area contributed by atoms with Gasteiger partial charge in [0.2, 0.25) is 0 Å². The van der Waals surface area contributed by atoms with E-state index >= 15 is 0 Å². The Bertz CT molecular complexity index is 701. The number of carbonyl (C=O) groups excluding carboxylic acids is 1. The normalized spacial score (nSPS) is 10.8.